The van der Waals surface area contributed by atoms with E-state index in [1.807, 2.05) is 13.8 Å². The molecule has 5 rings (SSSR count). The third kappa shape index (κ3) is 7.38. The van der Waals surface area contributed by atoms with Crippen molar-refractivity contribution in [2.75, 3.05) is 23.3 Å². The van der Waals surface area contributed by atoms with E-state index in [0.717, 1.165) is 24.3 Å². The summed E-state index contributed by atoms with van der Waals surface area (Å²) in [7, 11) is -15.0. The molecule has 1 fully saturated rings. The lowest BCUT2D eigenvalue weighted by molar-refractivity contribution is -0.00574. The van der Waals surface area contributed by atoms with E-state index in [4.69, 9.17) is 4.74 Å². The highest BCUT2D eigenvalue weighted by atomic mass is 32.2. The van der Waals surface area contributed by atoms with E-state index in [-0.39, 0.29) is 40.6 Å². The highest BCUT2D eigenvalue weighted by Gasteiger charge is 2.28. The first-order valence-electron chi connectivity index (χ1n) is 13.2. The predicted octanol–water partition coefficient (Wildman–Crippen LogP) is 2.54. The Morgan fingerprint density at radius 1 is 0.894 bits per heavy atom. The normalized spacial score (nSPS) is 17.8. The highest BCUT2D eigenvalue weighted by molar-refractivity contribution is 7.86. The summed E-state index contributed by atoms with van der Waals surface area (Å²) in [4.78, 5) is 22.1. The number of aromatic hydroxyl groups is 1. The smallest absolute Gasteiger partial charge is 0.351 e. The summed E-state index contributed by atoms with van der Waals surface area (Å²) in [6.45, 7) is 4.26. The molecule has 22 heteroatoms. The van der Waals surface area contributed by atoms with Gasteiger partial charge in [0.1, 0.15) is 21.2 Å². The Balaban J connectivity index is 1.73. The molecular formula is C25H25N7O12S3. The highest BCUT2D eigenvalue weighted by Crippen LogP contribution is 2.46. The average Bonchev–Trinajstić information content (AvgIpc) is 2.94. The Morgan fingerprint density at radius 3 is 2.15 bits per heavy atom. The average molecular weight is 712 g/mol. The number of hydrogen-bond acceptors (Lipinski definition) is 15. The number of anilines is 3. The van der Waals surface area contributed by atoms with Crippen LogP contribution in [0.1, 0.15) is 13.8 Å². The van der Waals surface area contributed by atoms with Crippen LogP contribution in [0.5, 0.6) is 5.75 Å². The van der Waals surface area contributed by atoms with Crippen molar-refractivity contribution in [3.05, 3.63) is 52.9 Å². The van der Waals surface area contributed by atoms with Crippen LogP contribution in [-0.2, 0) is 35.1 Å². The van der Waals surface area contributed by atoms with Gasteiger partial charge in [0.05, 0.1) is 22.8 Å². The molecule has 0 amide bonds. The number of aromatic nitrogens is 3. The number of H-pyrrole nitrogens is 1. The second-order valence-electron chi connectivity index (χ2n) is 10.3. The lowest BCUT2D eigenvalue weighted by atomic mass is 10.1. The number of nitrogens with zero attached hydrogens (tertiary/aromatic N) is 5. The Bertz CT molecular complexity index is 2320. The zero-order chi connectivity index (χ0) is 34.5. The van der Waals surface area contributed by atoms with Gasteiger partial charge in [-0.3, -0.25) is 18.6 Å². The van der Waals surface area contributed by atoms with Gasteiger partial charge in [0, 0.05) is 18.5 Å². The molecule has 1 aromatic heterocycles. The minimum absolute atomic E-state index is 0.0293. The van der Waals surface area contributed by atoms with Gasteiger partial charge in [0.25, 0.3) is 30.4 Å². The first kappa shape index (κ1) is 33.8. The fraction of sp³-hybridized carbons (Fsp3) is 0.240. The number of phenolic OH excluding ortho intramolecular Hbond substituents is 1. The molecule has 19 nitrogen and oxygen atoms in total. The Kier molecular flexibility index (Phi) is 8.78. The second-order valence-corrected chi connectivity index (χ2v) is 14.5. The topological polar surface area (TPSA) is 291 Å². The van der Waals surface area contributed by atoms with Crippen molar-refractivity contribution in [2.24, 2.45) is 10.2 Å². The molecule has 250 valence electrons. The number of azo groups is 1. The molecule has 47 heavy (non-hydrogen) atoms. The molecule has 1 saturated heterocycles. The minimum Gasteiger partial charge on any atom is -0.505 e. The van der Waals surface area contributed by atoms with Gasteiger partial charge in [-0.1, -0.05) is 12.1 Å². The maximum atomic E-state index is 12.5. The maximum Gasteiger partial charge on any atom is 0.351 e. The van der Waals surface area contributed by atoms with Crippen LogP contribution in [0, 0.1) is 0 Å². The summed E-state index contributed by atoms with van der Waals surface area (Å²) in [5.41, 5.74) is -2.65. The first-order valence-corrected chi connectivity index (χ1v) is 17.6. The molecule has 0 spiro atoms. The van der Waals surface area contributed by atoms with Gasteiger partial charge in [-0.05, 0) is 49.6 Å². The van der Waals surface area contributed by atoms with Crippen molar-refractivity contribution < 1.29 is 48.8 Å². The lowest BCUT2D eigenvalue weighted by Crippen LogP contribution is -2.46. The minimum atomic E-state index is -5.24. The largest absolute Gasteiger partial charge is 0.505 e. The molecule has 3 aromatic carbocycles. The van der Waals surface area contributed by atoms with Crippen LogP contribution in [0.25, 0.3) is 10.8 Å². The van der Waals surface area contributed by atoms with Crippen molar-refractivity contribution in [3.8, 4) is 5.75 Å². The van der Waals surface area contributed by atoms with Crippen LogP contribution < -0.4 is 15.9 Å². The number of nitrogens with one attached hydrogen (secondary N) is 2. The number of benzene rings is 3. The van der Waals surface area contributed by atoms with Crippen LogP contribution in [0.15, 0.2) is 72.2 Å². The summed E-state index contributed by atoms with van der Waals surface area (Å²) in [6.07, 6.45) is -0.473. The summed E-state index contributed by atoms with van der Waals surface area (Å²) >= 11 is 0. The first-order chi connectivity index (χ1) is 21.8. The lowest BCUT2D eigenvalue weighted by Gasteiger charge is -2.35. The van der Waals surface area contributed by atoms with E-state index in [1.165, 1.54) is 12.1 Å². The summed E-state index contributed by atoms with van der Waals surface area (Å²) < 4.78 is 108. The van der Waals surface area contributed by atoms with Gasteiger partial charge in [-0.15, -0.1) is 10.2 Å². The van der Waals surface area contributed by atoms with Crippen molar-refractivity contribution in [2.45, 2.75) is 40.7 Å². The fourth-order valence-electron chi connectivity index (χ4n) is 4.90. The molecule has 0 saturated carbocycles. The Morgan fingerprint density at radius 2 is 1.53 bits per heavy atom. The molecule has 1 aliphatic rings. The zero-order valence-corrected chi connectivity index (χ0v) is 26.6. The van der Waals surface area contributed by atoms with E-state index in [9.17, 15) is 48.8 Å². The van der Waals surface area contributed by atoms with Crippen LogP contribution in [0.3, 0.4) is 0 Å². The number of morpholine rings is 1. The molecule has 1 aliphatic heterocycles. The van der Waals surface area contributed by atoms with Crippen molar-refractivity contribution in [3.63, 3.8) is 0 Å². The molecule has 2 atom stereocenters. The quantitative estimate of drug-likeness (QED) is 0.113. The fourth-order valence-corrected chi connectivity index (χ4v) is 6.73. The molecule has 0 bridgehead atoms. The van der Waals surface area contributed by atoms with Crippen molar-refractivity contribution >= 4 is 70.1 Å². The van der Waals surface area contributed by atoms with Gasteiger partial charge >= 0.3 is 5.69 Å². The molecule has 0 radical (unpaired) electrons. The Hall–Kier alpha value is -4.58. The van der Waals surface area contributed by atoms with E-state index < -0.39 is 67.9 Å². The number of aromatic amines is 1. The number of phenols is 1. The summed E-state index contributed by atoms with van der Waals surface area (Å²) in [5.74, 6) is -1.37. The van der Waals surface area contributed by atoms with Gasteiger partial charge in [0.2, 0.25) is 11.9 Å². The monoisotopic (exact) mass is 711 g/mol. The van der Waals surface area contributed by atoms with E-state index in [0.29, 0.717) is 19.2 Å². The van der Waals surface area contributed by atoms with Gasteiger partial charge < -0.3 is 20.1 Å². The number of rotatable bonds is 8. The number of ether oxygens (including phenoxy) is 1. The standard InChI is InChI=1S/C25H25N7O12S3/c1-12-10-32(11-13(2)44-12)24-27-23(28-25(34)29-24)26-17-9-15(45(35,36)37)7-14-8-19(47(41,42)43)21(22(33)20(14)17)31-30-16-5-3-4-6-18(16)46(38,39)40/h3-9,12-13,33H,10-11H2,1-2H3,(H,35,36,37)(H,38,39,40)(H,41,42,43)(H2,26,27,28,29,34). The Labute approximate surface area is 266 Å². The number of fused-ring (bicyclic) bond motifs is 1. The molecular weight excluding hydrogens is 687 g/mol. The molecule has 0 aliphatic carbocycles. The van der Waals surface area contributed by atoms with Gasteiger partial charge in [-0.2, -0.15) is 35.2 Å². The van der Waals surface area contributed by atoms with Gasteiger partial charge in [0.15, 0.2) is 5.75 Å². The van der Waals surface area contributed by atoms with Crippen molar-refractivity contribution in [1.29, 1.82) is 0 Å². The SMILES string of the molecule is CC1CN(c2nc(Nc3cc(S(=O)(=O)O)cc4cc(S(=O)(=O)O)c(N=Nc5ccccc5S(=O)(=O)O)c(O)c34)[nH]c(=O)n2)CC(C)O1. The van der Waals surface area contributed by atoms with Crippen molar-refractivity contribution in [1.82, 2.24) is 15.0 Å². The van der Waals surface area contributed by atoms with E-state index in [1.54, 1.807) is 4.90 Å². The zero-order valence-electron chi connectivity index (χ0n) is 24.1. The predicted molar refractivity (Wildman–Crippen MR) is 164 cm³/mol. The third-order valence-electron chi connectivity index (χ3n) is 6.69. The van der Waals surface area contributed by atoms with Crippen LogP contribution >= 0.6 is 0 Å². The van der Waals surface area contributed by atoms with E-state index in [2.05, 4.69) is 30.5 Å². The van der Waals surface area contributed by atoms with Crippen LogP contribution in [0.4, 0.5) is 29.0 Å². The molecule has 2 heterocycles. The van der Waals surface area contributed by atoms with Crippen LogP contribution in [0.2, 0.25) is 0 Å². The summed E-state index contributed by atoms with van der Waals surface area (Å²) in [6, 6.07) is 6.97. The van der Waals surface area contributed by atoms with Gasteiger partial charge in [-0.25, -0.2) is 4.79 Å². The second kappa shape index (κ2) is 12.2. The summed E-state index contributed by atoms with van der Waals surface area (Å²) in [5, 5.41) is 20.5. The molecule has 4 aromatic rings. The van der Waals surface area contributed by atoms with Crippen LogP contribution in [-0.4, -0.2) is 84.3 Å². The molecule has 6 N–H and O–H groups in total. The molecule has 2 unspecified atom stereocenters. The maximum absolute atomic E-state index is 12.5. The number of hydrogen-bond donors (Lipinski definition) is 6. The van der Waals surface area contributed by atoms with E-state index >= 15 is 0 Å². The third-order valence-corrected chi connectivity index (χ3v) is 9.29.